The number of hydrogen-bond donors (Lipinski definition) is 1. The van der Waals surface area contributed by atoms with Crippen LogP contribution in [0.5, 0.6) is 0 Å². The van der Waals surface area contributed by atoms with Gasteiger partial charge in [0.25, 0.3) is 0 Å². The number of carbonyl (C=O) groups excluding carboxylic acids is 1. The van der Waals surface area contributed by atoms with Crippen molar-refractivity contribution in [3.8, 4) is 0 Å². The third-order valence-corrected chi connectivity index (χ3v) is 4.52. The molecule has 0 unspecified atom stereocenters. The van der Waals surface area contributed by atoms with Gasteiger partial charge in [0.15, 0.2) is 0 Å². The van der Waals surface area contributed by atoms with Gasteiger partial charge in [0, 0.05) is 36.8 Å². The predicted octanol–water partition coefficient (Wildman–Crippen LogP) is 2.30. The standard InChI is InChI=1S/C16H24N4O/c1-11-9-15(18-12(2)17-11)19-14-6-5-13(10-14)16(21)20-7-3-4-8-20/h9,13-14H,3-8,10H2,1-2H3,(H,17,18,19)/t13-,14+/m1/s1. The largest absolute Gasteiger partial charge is 0.367 e. The van der Waals surface area contributed by atoms with Crippen molar-refractivity contribution in [2.24, 2.45) is 5.92 Å². The Balaban J connectivity index is 1.58. The van der Waals surface area contributed by atoms with Crippen LogP contribution in [0.3, 0.4) is 0 Å². The molecule has 2 fully saturated rings. The molecule has 114 valence electrons. The van der Waals surface area contributed by atoms with Gasteiger partial charge in [-0.1, -0.05) is 0 Å². The third kappa shape index (κ3) is 3.34. The highest BCUT2D eigenvalue weighted by atomic mass is 16.2. The van der Waals surface area contributed by atoms with E-state index in [-0.39, 0.29) is 5.92 Å². The minimum Gasteiger partial charge on any atom is -0.367 e. The van der Waals surface area contributed by atoms with Gasteiger partial charge in [-0.2, -0.15) is 0 Å². The molecule has 1 aliphatic carbocycles. The van der Waals surface area contributed by atoms with E-state index >= 15 is 0 Å². The fourth-order valence-corrected chi connectivity index (χ4v) is 3.53. The molecule has 1 aliphatic heterocycles. The molecule has 1 aromatic rings. The molecule has 3 rings (SSSR count). The van der Waals surface area contributed by atoms with E-state index in [2.05, 4.69) is 15.3 Å². The van der Waals surface area contributed by atoms with Crippen molar-refractivity contribution < 1.29 is 4.79 Å². The molecule has 2 heterocycles. The van der Waals surface area contributed by atoms with Crippen LogP contribution >= 0.6 is 0 Å². The van der Waals surface area contributed by atoms with Crippen LogP contribution in [0.4, 0.5) is 5.82 Å². The zero-order valence-corrected chi connectivity index (χ0v) is 12.9. The van der Waals surface area contributed by atoms with Crippen LogP contribution in [-0.2, 0) is 4.79 Å². The van der Waals surface area contributed by atoms with E-state index in [1.54, 1.807) is 0 Å². The first kappa shape index (κ1) is 14.3. The Kier molecular flexibility index (Phi) is 4.08. The lowest BCUT2D eigenvalue weighted by Gasteiger charge is -2.20. The van der Waals surface area contributed by atoms with E-state index in [0.29, 0.717) is 11.9 Å². The minimum absolute atomic E-state index is 0.199. The Bertz CT molecular complexity index is 505. The number of aryl methyl sites for hydroxylation is 2. The summed E-state index contributed by atoms with van der Waals surface area (Å²) in [6, 6.07) is 2.33. The quantitative estimate of drug-likeness (QED) is 0.927. The highest BCUT2D eigenvalue weighted by Crippen LogP contribution is 2.30. The fraction of sp³-hybridized carbons (Fsp3) is 0.688. The van der Waals surface area contributed by atoms with Gasteiger partial charge >= 0.3 is 0 Å². The zero-order valence-electron chi connectivity index (χ0n) is 12.9. The normalized spacial score (nSPS) is 25.3. The van der Waals surface area contributed by atoms with E-state index in [4.69, 9.17) is 0 Å². The van der Waals surface area contributed by atoms with Crippen LogP contribution in [0, 0.1) is 19.8 Å². The Hall–Kier alpha value is -1.65. The molecule has 1 N–H and O–H groups in total. The summed E-state index contributed by atoms with van der Waals surface area (Å²) < 4.78 is 0. The number of hydrogen-bond acceptors (Lipinski definition) is 4. The SMILES string of the molecule is Cc1cc(N[C@H]2CC[C@@H](C(=O)N3CCCC3)C2)nc(C)n1. The third-order valence-electron chi connectivity index (χ3n) is 4.52. The number of likely N-dealkylation sites (tertiary alicyclic amines) is 1. The summed E-state index contributed by atoms with van der Waals surface area (Å²) in [4.78, 5) is 23.2. The van der Waals surface area contributed by atoms with Gasteiger partial charge in [-0.15, -0.1) is 0 Å². The first-order valence-electron chi connectivity index (χ1n) is 7.99. The molecule has 1 saturated heterocycles. The number of amides is 1. The van der Waals surface area contributed by atoms with Crippen LogP contribution in [0.2, 0.25) is 0 Å². The maximum Gasteiger partial charge on any atom is 0.225 e. The number of nitrogens with one attached hydrogen (secondary N) is 1. The average molecular weight is 288 g/mol. The van der Waals surface area contributed by atoms with Gasteiger partial charge in [0.1, 0.15) is 11.6 Å². The van der Waals surface area contributed by atoms with Gasteiger partial charge in [0.05, 0.1) is 0 Å². The van der Waals surface area contributed by atoms with Crippen molar-refractivity contribution >= 4 is 11.7 Å². The van der Waals surface area contributed by atoms with Gasteiger partial charge < -0.3 is 10.2 Å². The van der Waals surface area contributed by atoms with Gasteiger partial charge in [-0.25, -0.2) is 9.97 Å². The van der Waals surface area contributed by atoms with E-state index < -0.39 is 0 Å². The topological polar surface area (TPSA) is 58.1 Å². The molecule has 0 aromatic carbocycles. The van der Waals surface area contributed by atoms with Crippen LogP contribution < -0.4 is 5.32 Å². The molecule has 1 amide bonds. The Morgan fingerprint density at radius 2 is 2.00 bits per heavy atom. The molecule has 5 nitrogen and oxygen atoms in total. The van der Waals surface area contributed by atoms with E-state index in [1.165, 1.54) is 12.8 Å². The summed E-state index contributed by atoms with van der Waals surface area (Å²) in [5.41, 5.74) is 0.979. The van der Waals surface area contributed by atoms with Crippen molar-refractivity contribution in [3.63, 3.8) is 0 Å². The van der Waals surface area contributed by atoms with E-state index in [1.807, 2.05) is 24.8 Å². The highest BCUT2D eigenvalue weighted by Gasteiger charge is 2.33. The summed E-state index contributed by atoms with van der Waals surface area (Å²) >= 11 is 0. The molecule has 0 bridgehead atoms. The Morgan fingerprint density at radius 1 is 1.24 bits per heavy atom. The van der Waals surface area contributed by atoms with Crippen LogP contribution in [-0.4, -0.2) is 39.9 Å². The molecular formula is C16H24N4O. The van der Waals surface area contributed by atoms with Crippen molar-refractivity contribution in [2.45, 2.75) is 52.0 Å². The maximum atomic E-state index is 12.4. The molecule has 2 aliphatic rings. The minimum atomic E-state index is 0.199. The van der Waals surface area contributed by atoms with Crippen molar-refractivity contribution in [1.82, 2.24) is 14.9 Å². The maximum absolute atomic E-state index is 12.4. The number of rotatable bonds is 3. The van der Waals surface area contributed by atoms with Crippen molar-refractivity contribution in [2.75, 3.05) is 18.4 Å². The van der Waals surface area contributed by atoms with Gasteiger partial charge in [-0.05, 0) is 46.0 Å². The second-order valence-electron chi connectivity index (χ2n) is 6.33. The summed E-state index contributed by atoms with van der Waals surface area (Å²) in [7, 11) is 0. The number of aromatic nitrogens is 2. The van der Waals surface area contributed by atoms with Crippen LogP contribution in [0.1, 0.15) is 43.6 Å². The van der Waals surface area contributed by atoms with E-state index in [9.17, 15) is 4.79 Å². The average Bonchev–Trinajstić information content (AvgIpc) is 3.07. The lowest BCUT2D eigenvalue weighted by Crippen LogP contribution is -2.33. The van der Waals surface area contributed by atoms with Gasteiger partial charge in [-0.3, -0.25) is 4.79 Å². The molecule has 0 spiro atoms. The number of nitrogens with zero attached hydrogens (tertiary/aromatic N) is 3. The summed E-state index contributed by atoms with van der Waals surface area (Å²) in [6.07, 6.45) is 5.30. The Morgan fingerprint density at radius 3 is 2.71 bits per heavy atom. The summed E-state index contributed by atoms with van der Waals surface area (Å²) in [6.45, 7) is 5.80. The smallest absolute Gasteiger partial charge is 0.225 e. The van der Waals surface area contributed by atoms with Crippen LogP contribution in [0.25, 0.3) is 0 Å². The van der Waals surface area contributed by atoms with Crippen LogP contribution in [0.15, 0.2) is 6.07 Å². The molecule has 1 aromatic heterocycles. The monoisotopic (exact) mass is 288 g/mol. The van der Waals surface area contributed by atoms with Crippen molar-refractivity contribution in [3.05, 3.63) is 17.6 Å². The zero-order chi connectivity index (χ0) is 14.8. The molecular weight excluding hydrogens is 264 g/mol. The molecule has 1 saturated carbocycles. The lowest BCUT2D eigenvalue weighted by molar-refractivity contribution is -0.134. The first-order valence-corrected chi connectivity index (χ1v) is 7.99. The second kappa shape index (κ2) is 6.00. The molecule has 0 radical (unpaired) electrons. The summed E-state index contributed by atoms with van der Waals surface area (Å²) in [5, 5.41) is 3.48. The summed E-state index contributed by atoms with van der Waals surface area (Å²) in [5.74, 6) is 2.25. The first-order chi connectivity index (χ1) is 10.1. The van der Waals surface area contributed by atoms with E-state index in [0.717, 1.165) is 49.7 Å². The molecule has 21 heavy (non-hydrogen) atoms. The Labute approximate surface area is 126 Å². The molecule has 5 heteroatoms. The molecule has 2 atom stereocenters. The highest BCUT2D eigenvalue weighted by molar-refractivity contribution is 5.79. The second-order valence-corrected chi connectivity index (χ2v) is 6.33. The predicted molar refractivity (Wildman–Crippen MR) is 82.1 cm³/mol. The lowest BCUT2D eigenvalue weighted by atomic mass is 10.1. The van der Waals surface area contributed by atoms with Gasteiger partial charge in [0.2, 0.25) is 5.91 Å². The number of anilines is 1. The fourth-order valence-electron chi connectivity index (χ4n) is 3.53. The number of carbonyl (C=O) groups is 1. The van der Waals surface area contributed by atoms with Crippen molar-refractivity contribution in [1.29, 1.82) is 0 Å².